The minimum absolute atomic E-state index is 0.0921. The number of hydrogen-bond donors (Lipinski definition) is 1. The predicted molar refractivity (Wildman–Crippen MR) is 68.8 cm³/mol. The van der Waals surface area contributed by atoms with Gasteiger partial charge >= 0.3 is 0 Å². The van der Waals surface area contributed by atoms with Crippen LogP contribution in [-0.4, -0.2) is 6.10 Å². The van der Waals surface area contributed by atoms with Crippen LogP contribution >= 0.6 is 0 Å². The fourth-order valence-electron chi connectivity index (χ4n) is 2.89. The summed E-state index contributed by atoms with van der Waals surface area (Å²) in [4.78, 5) is 0. The number of hydrogen-bond acceptors (Lipinski definition) is 2. The van der Waals surface area contributed by atoms with Gasteiger partial charge in [0.05, 0.1) is 0 Å². The Kier molecular flexibility index (Phi) is 2.67. The molecule has 0 aliphatic heterocycles. The zero-order chi connectivity index (χ0) is 11.8. The monoisotopic (exact) mass is 229 g/mol. The normalized spacial score (nSPS) is 31.8. The molecular weight excluding hydrogens is 210 g/mol. The Morgan fingerprint density at radius 1 is 1.18 bits per heavy atom. The first-order valence-corrected chi connectivity index (χ1v) is 6.43. The summed E-state index contributed by atoms with van der Waals surface area (Å²) >= 11 is 0. The quantitative estimate of drug-likeness (QED) is 0.808. The molecule has 2 N–H and O–H groups in total. The summed E-state index contributed by atoms with van der Waals surface area (Å²) in [6.07, 6.45) is 7.49. The summed E-state index contributed by atoms with van der Waals surface area (Å²) < 4.78 is 6.05. The Morgan fingerprint density at radius 2 is 1.94 bits per heavy atom. The molecule has 2 nitrogen and oxygen atoms in total. The number of fused-ring (bicyclic) bond motifs is 2. The molecule has 4 atom stereocenters. The molecule has 2 bridgehead atoms. The number of allylic oxidation sites excluding steroid dienone is 1. The zero-order valence-corrected chi connectivity index (χ0v) is 10.2. The third-order valence-corrected chi connectivity index (χ3v) is 3.91. The van der Waals surface area contributed by atoms with Crippen LogP contribution in [0.2, 0.25) is 0 Å². The number of ether oxygens (including phenoxy) is 1. The molecule has 2 aliphatic rings. The van der Waals surface area contributed by atoms with Crippen molar-refractivity contribution in [1.82, 2.24) is 0 Å². The zero-order valence-electron chi connectivity index (χ0n) is 10.2. The van der Waals surface area contributed by atoms with Crippen LogP contribution in [0.3, 0.4) is 0 Å². The summed E-state index contributed by atoms with van der Waals surface area (Å²) in [7, 11) is 0. The van der Waals surface area contributed by atoms with E-state index in [2.05, 4.69) is 24.3 Å². The minimum Gasteiger partial charge on any atom is -0.490 e. The first kappa shape index (κ1) is 10.8. The first-order valence-electron chi connectivity index (χ1n) is 6.43. The Balaban J connectivity index is 1.67. The average molecular weight is 229 g/mol. The van der Waals surface area contributed by atoms with Crippen molar-refractivity contribution in [1.29, 1.82) is 0 Å². The molecular formula is C15H19NO. The molecule has 1 fully saturated rings. The molecule has 0 amide bonds. The Bertz CT molecular complexity index is 421. The standard InChI is InChI=1S/C15H19NO/c1-10(16)12-4-6-14(7-5-12)17-15-9-11-2-3-13(15)8-11/h2-7,10-11,13,15H,8-9,16H2,1H3. The molecule has 2 aliphatic carbocycles. The summed E-state index contributed by atoms with van der Waals surface area (Å²) in [6.45, 7) is 2.00. The van der Waals surface area contributed by atoms with Crippen molar-refractivity contribution >= 4 is 0 Å². The molecule has 1 aromatic rings. The summed E-state index contributed by atoms with van der Waals surface area (Å²) in [5.74, 6) is 2.36. The topological polar surface area (TPSA) is 35.2 Å². The second-order valence-corrected chi connectivity index (χ2v) is 5.29. The van der Waals surface area contributed by atoms with Crippen LogP contribution in [-0.2, 0) is 0 Å². The largest absolute Gasteiger partial charge is 0.490 e. The summed E-state index contributed by atoms with van der Waals surface area (Å²) in [5.41, 5.74) is 6.98. The lowest BCUT2D eigenvalue weighted by Gasteiger charge is -2.20. The van der Waals surface area contributed by atoms with E-state index in [9.17, 15) is 0 Å². The Morgan fingerprint density at radius 3 is 2.47 bits per heavy atom. The van der Waals surface area contributed by atoms with Crippen molar-refractivity contribution in [2.24, 2.45) is 17.6 Å². The molecule has 0 radical (unpaired) electrons. The fourth-order valence-corrected chi connectivity index (χ4v) is 2.89. The Labute approximate surface area is 102 Å². The molecule has 3 rings (SSSR count). The first-order chi connectivity index (χ1) is 8.22. The van der Waals surface area contributed by atoms with Crippen molar-refractivity contribution < 1.29 is 4.74 Å². The van der Waals surface area contributed by atoms with Crippen LogP contribution < -0.4 is 10.5 Å². The molecule has 17 heavy (non-hydrogen) atoms. The summed E-state index contributed by atoms with van der Waals surface area (Å²) in [6, 6.07) is 8.28. The highest BCUT2D eigenvalue weighted by Crippen LogP contribution is 2.41. The van der Waals surface area contributed by atoms with Gasteiger partial charge in [-0.2, -0.15) is 0 Å². The van der Waals surface area contributed by atoms with Crippen LogP contribution in [0.4, 0.5) is 0 Å². The van der Waals surface area contributed by atoms with Crippen molar-refractivity contribution in [2.45, 2.75) is 31.9 Å². The van der Waals surface area contributed by atoms with E-state index in [1.54, 1.807) is 0 Å². The lowest BCUT2D eigenvalue weighted by molar-refractivity contribution is 0.175. The highest BCUT2D eigenvalue weighted by molar-refractivity contribution is 5.29. The Hall–Kier alpha value is -1.28. The number of benzene rings is 1. The lowest BCUT2D eigenvalue weighted by atomic mass is 10.0. The maximum absolute atomic E-state index is 6.05. The third-order valence-electron chi connectivity index (χ3n) is 3.91. The van der Waals surface area contributed by atoms with Crippen molar-refractivity contribution in [2.75, 3.05) is 0 Å². The highest BCUT2D eigenvalue weighted by atomic mass is 16.5. The van der Waals surface area contributed by atoms with Gasteiger partial charge in [0.1, 0.15) is 11.9 Å². The predicted octanol–water partition coefficient (Wildman–Crippen LogP) is 3.05. The van der Waals surface area contributed by atoms with E-state index in [-0.39, 0.29) is 6.04 Å². The van der Waals surface area contributed by atoms with Crippen LogP contribution in [0, 0.1) is 11.8 Å². The molecule has 1 saturated carbocycles. The van der Waals surface area contributed by atoms with Gasteiger partial charge < -0.3 is 10.5 Å². The molecule has 90 valence electrons. The van der Waals surface area contributed by atoms with Crippen LogP contribution in [0.25, 0.3) is 0 Å². The summed E-state index contributed by atoms with van der Waals surface area (Å²) in [5, 5.41) is 0. The lowest BCUT2D eigenvalue weighted by Crippen LogP contribution is -2.21. The molecule has 0 heterocycles. The van der Waals surface area contributed by atoms with Crippen molar-refractivity contribution in [3.05, 3.63) is 42.0 Å². The van der Waals surface area contributed by atoms with Gasteiger partial charge in [0.15, 0.2) is 0 Å². The van der Waals surface area contributed by atoms with Gasteiger partial charge in [-0.05, 0) is 43.4 Å². The molecule has 2 heteroatoms. The van der Waals surface area contributed by atoms with Gasteiger partial charge in [-0.1, -0.05) is 24.3 Å². The van der Waals surface area contributed by atoms with E-state index in [4.69, 9.17) is 10.5 Å². The van der Waals surface area contributed by atoms with Crippen LogP contribution in [0.1, 0.15) is 31.4 Å². The van der Waals surface area contributed by atoms with Gasteiger partial charge in [0.25, 0.3) is 0 Å². The minimum atomic E-state index is 0.0921. The third kappa shape index (κ3) is 2.09. The van der Waals surface area contributed by atoms with E-state index in [0.29, 0.717) is 12.0 Å². The maximum atomic E-state index is 6.05. The van der Waals surface area contributed by atoms with Gasteiger partial charge in [-0.3, -0.25) is 0 Å². The number of rotatable bonds is 3. The smallest absolute Gasteiger partial charge is 0.119 e. The van der Waals surface area contributed by atoms with Crippen molar-refractivity contribution in [3.63, 3.8) is 0 Å². The van der Waals surface area contributed by atoms with E-state index in [1.165, 1.54) is 12.8 Å². The van der Waals surface area contributed by atoms with E-state index in [1.807, 2.05) is 19.1 Å². The van der Waals surface area contributed by atoms with Crippen LogP contribution in [0.5, 0.6) is 5.75 Å². The molecule has 4 unspecified atom stereocenters. The molecule has 0 aromatic heterocycles. The number of nitrogens with two attached hydrogens (primary N) is 1. The molecule has 0 saturated heterocycles. The maximum Gasteiger partial charge on any atom is 0.119 e. The second kappa shape index (κ2) is 4.19. The van der Waals surface area contributed by atoms with E-state index >= 15 is 0 Å². The van der Waals surface area contributed by atoms with E-state index < -0.39 is 0 Å². The van der Waals surface area contributed by atoms with E-state index in [0.717, 1.165) is 17.2 Å². The molecule has 1 aromatic carbocycles. The SMILES string of the molecule is CC(N)c1ccc(OC2CC3C=CC2C3)cc1. The fraction of sp³-hybridized carbons (Fsp3) is 0.467. The second-order valence-electron chi connectivity index (χ2n) is 5.29. The van der Waals surface area contributed by atoms with Gasteiger partial charge in [0.2, 0.25) is 0 Å². The van der Waals surface area contributed by atoms with Crippen LogP contribution in [0.15, 0.2) is 36.4 Å². The van der Waals surface area contributed by atoms with Gasteiger partial charge in [0, 0.05) is 12.0 Å². The average Bonchev–Trinajstić information content (AvgIpc) is 2.91. The van der Waals surface area contributed by atoms with Gasteiger partial charge in [-0.25, -0.2) is 0 Å². The molecule has 0 spiro atoms. The highest BCUT2D eigenvalue weighted by Gasteiger charge is 2.37. The van der Waals surface area contributed by atoms with Crippen molar-refractivity contribution in [3.8, 4) is 5.75 Å². The van der Waals surface area contributed by atoms with Gasteiger partial charge in [-0.15, -0.1) is 0 Å².